The Morgan fingerprint density at radius 3 is 2.10 bits per heavy atom. The first-order valence-electron chi connectivity index (χ1n) is 12.3. The van der Waals surface area contributed by atoms with Gasteiger partial charge in [0.1, 0.15) is 7.05 Å². The number of hydrogen-bond donors (Lipinski definition) is 0. The zero-order valence-corrected chi connectivity index (χ0v) is 19.8. The third-order valence-corrected chi connectivity index (χ3v) is 6.80. The van der Waals surface area contributed by atoms with E-state index in [0.29, 0.717) is 0 Å². The van der Waals surface area contributed by atoms with Crippen LogP contribution in [0.15, 0.2) is 36.4 Å². The van der Waals surface area contributed by atoms with Crippen LogP contribution in [-0.4, -0.2) is 29.7 Å². The second kappa shape index (κ2) is 11.0. The zero-order valence-electron chi connectivity index (χ0n) is 19.8. The second-order valence-corrected chi connectivity index (χ2v) is 9.72. The smallest absolute Gasteiger partial charge is 0.371 e. The van der Waals surface area contributed by atoms with Crippen molar-refractivity contribution in [1.82, 2.24) is 0 Å². The highest BCUT2D eigenvalue weighted by molar-refractivity contribution is 6.06. The van der Waals surface area contributed by atoms with Gasteiger partial charge in [-0.05, 0) is 29.2 Å². The van der Waals surface area contributed by atoms with E-state index in [1.165, 1.54) is 86.1 Å². The van der Waals surface area contributed by atoms with Crippen LogP contribution in [-0.2, 0) is 11.2 Å². The van der Waals surface area contributed by atoms with Crippen LogP contribution in [0.5, 0.6) is 0 Å². The van der Waals surface area contributed by atoms with Crippen LogP contribution < -0.4 is 0 Å². The first-order chi connectivity index (χ1) is 14.5. The van der Waals surface area contributed by atoms with Gasteiger partial charge in [-0.1, -0.05) is 101 Å². The summed E-state index contributed by atoms with van der Waals surface area (Å²) in [5, 5.41) is 2.62. The van der Waals surface area contributed by atoms with Crippen molar-refractivity contribution in [3.8, 4) is 0 Å². The Balaban J connectivity index is 1.62. The van der Waals surface area contributed by atoms with Crippen LogP contribution >= 0.6 is 0 Å². The summed E-state index contributed by atoms with van der Waals surface area (Å²) in [6, 6.07) is 13.4. The average molecular weight is 409 g/mol. The minimum Gasteiger partial charge on any atom is -0.437 e. The van der Waals surface area contributed by atoms with Crippen molar-refractivity contribution in [2.75, 3.05) is 13.7 Å². The normalized spacial score (nSPS) is 15.7. The molecule has 0 aliphatic carbocycles. The van der Waals surface area contributed by atoms with E-state index in [9.17, 15) is 0 Å². The van der Waals surface area contributed by atoms with Gasteiger partial charge in [-0.15, -0.1) is 0 Å². The summed E-state index contributed by atoms with van der Waals surface area (Å²) in [5.74, 6) is 1.05. The Hall–Kier alpha value is -1.83. The molecule has 2 heteroatoms. The van der Waals surface area contributed by atoms with Crippen LogP contribution in [0.1, 0.15) is 96.1 Å². The van der Waals surface area contributed by atoms with Gasteiger partial charge in [0.25, 0.3) is 0 Å². The van der Waals surface area contributed by atoms with Crippen molar-refractivity contribution in [3.05, 3.63) is 47.5 Å². The molecule has 0 spiro atoms. The number of fused-ring (bicyclic) bond motifs is 1. The van der Waals surface area contributed by atoms with Crippen LogP contribution in [0.3, 0.4) is 0 Å². The summed E-state index contributed by atoms with van der Waals surface area (Å²) in [4.78, 5) is 0. The highest BCUT2D eigenvalue weighted by Crippen LogP contribution is 2.29. The third-order valence-electron chi connectivity index (χ3n) is 6.80. The van der Waals surface area contributed by atoms with Crippen molar-refractivity contribution >= 4 is 16.7 Å². The molecule has 2 aromatic carbocycles. The van der Waals surface area contributed by atoms with Gasteiger partial charge in [0.2, 0.25) is 0 Å². The highest BCUT2D eigenvalue weighted by atomic mass is 16.5. The molecule has 0 N–H and O–H groups in total. The monoisotopic (exact) mass is 408 g/mol. The standard InChI is InChI=1S/C28H42NO/c1-5-6-7-8-9-10-11-12-13-14-18-24-21-20-23-17-15-16-19-25(23)26(24)27-29(4)28(2,3)22-30-27/h15-17,19-21H,5-14,18,22H2,1-4H3/q+1. The topological polar surface area (TPSA) is 12.2 Å². The molecule has 3 rings (SSSR count). The van der Waals surface area contributed by atoms with Gasteiger partial charge in [0.15, 0.2) is 12.1 Å². The number of ether oxygens (including phenoxy) is 1. The lowest BCUT2D eigenvalue weighted by Crippen LogP contribution is -2.33. The molecule has 0 unspecified atom stereocenters. The van der Waals surface area contributed by atoms with E-state index in [1.807, 2.05) is 0 Å². The van der Waals surface area contributed by atoms with Gasteiger partial charge in [0.05, 0.1) is 5.56 Å². The molecule has 164 valence electrons. The molecular formula is C28H42NO+. The van der Waals surface area contributed by atoms with E-state index in [-0.39, 0.29) is 5.54 Å². The average Bonchev–Trinajstić information content (AvgIpc) is 3.01. The van der Waals surface area contributed by atoms with Gasteiger partial charge in [-0.3, -0.25) is 0 Å². The van der Waals surface area contributed by atoms with E-state index in [1.54, 1.807) is 0 Å². The zero-order chi connectivity index (χ0) is 21.4. The predicted octanol–water partition coefficient (Wildman–Crippen LogP) is 7.50. The quantitative estimate of drug-likeness (QED) is 0.261. The molecule has 0 amide bonds. The Morgan fingerprint density at radius 2 is 1.47 bits per heavy atom. The molecule has 1 heterocycles. The summed E-state index contributed by atoms with van der Waals surface area (Å²) >= 11 is 0. The highest BCUT2D eigenvalue weighted by Gasteiger charge is 2.41. The number of rotatable bonds is 12. The summed E-state index contributed by atoms with van der Waals surface area (Å²) in [7, 11) is 2.17. The number of hydrogen-bond acceptors (Lipinski definition) is 1. The maximum absolute atomic E-state index is 6.26. The first-order valence-corrected chi connectivity index (χ1v) is 12.3. The molecule has 0 bridgehead atoms. The van der Waals surface area contributed by atoms with Crippen molar-refractivity contribution < 1.29 is 9.31 Å². The van der Waals surface area contributed by atoms with Crippen molar-refractivity contribution in [3.63, 3.8) is 0 Å². The van der Waals surface area contributed by atoms with E-state index in [2.05, 4.69) is 68.8 Å². The van der Waals surface area contributed by atoms with Crippen molar-refractivity contribution in [2.24, 2.45) is 0 Å². The Bertz CT molecular complexity index is 849. The SMILES string of the molecule is CCCCCCCCCCCCc1ccc2ccccc2c1C1=[N+](C)C(C)(C)CO1. The first kappa shape index (κ1) is 22.8. The number of benzene rings is 2. The molecule has 30 heavy (non-hydrogen) atoms. The summed E-state index contributed by atoms with van der Waals surface area (Å²) < 4.78 is 8.59. The van der Waals surface area contributed by atoms with Gasteiger partial charge in [-0.2, -0.15) is 4.58 Å². The van der Waals surface area contributed by atoms with Gasteiger partial charge < -0.3 is 4.74 Å². The van der Waals surface area contributed by atoms with E-state index < -0.39 is 0 Å². The summed E-state index contributed by atoms with van der Waals surface area (Å²) in [6.45, 7) is 7.55. The molecule has 2 nitrogen and oxygen atoms in total. The van der Waals surface area contributed by atoms with Gasteiger partial charge in [-0.25, -0.2) is 0 Å². The lowest BCUT2D eigenvalue weighted by Gasteiger charge is -2.12. The van der Waals surface area contributed by atoms with E-state index >= 15 is 0 Å². The van der Waals surface area contributed by atoms with Crippen LogP contribution in [0.25, 0.3) is 10.8 Å². The number of nitrogens with zero attached hydrogens (tertiary/aromatic N) is 1. The Morgan fingerprint density at radius 1 is 0.833 bits per heavy atom. The predicted molar refractivity (Wildman–Crippen MR) is 130 cm³/mol. The van der Waals surface area contributed by atoms with Gasteiger partial charge in [0, 0.05) is 13.8 Å². The molecule has 1 aliphatic heterocycles. The maximum atomic E-state index is 6.26. The fourth-order valence-corrected chi connectivity index (χ4v) is 4.53. The molecule has 0 aromatic heterocycles. The van der Waals surface area contributed by atoms with E-state index in [4.69, 9.17) is 4.74 Å². The Kier molecular flexibility index (Phi) is 8.36. The maximum Gasteiger partial charge on any atom is 0.371 e. The van der Waals surface area contributed by atoms with Crippen molar-refractivity contribution in [1.29, 1.82) is 0 Å². The van der Waals surface area contributed by atoms with Crippen LogP contribution in [0.4, 0.5) is 0 Å². The van der Waals surface area contributed by atoms with Crippen LogP contribution in [0, 0.1) is 0 Å². The van der Waals surface area contributed by atoms with Gasteiger partial charge >= 0.3 is 5.90 Å². The van der Waals surface area contributed by atoms with Crippen LogP contribution in [0.2, 0.25) is 0 Å². The summed E-state index contributed by atoms with van der Waals surface area (Å²) in [5.41, 5.74) is 2.80. The number of aryl methyl sites for hydroxylation is 1. The number of unbranched alkanes of at least 4 members (excludes halogenated alkanes) is 9. The van der Waals surface area contributed by atoms with Crippen molar-refractivity contribution in [2.45, 2.75) is 96.9 Å². The molecular weight excluding hydrogens is 366 g/mol. The fraction of sp³-hybridized carbons (Fsp3) is 0.607. The molecule has 1 aliphatic rings. The lowest BCUT2D eigenvalue weighted by molar-refractivity contribution is -0.562. The van der Waals surface area contributed by atoms with E-state index in [0.717, 1.165) is 18.9 Å². The minimum atomic E-state index is 0.0423. The molecule has 0 fully saturated rings. The molecule has 0 radical (unpaired) electrons. The largest absolute Gasteiger partial charge is 0.437 e. The fourth-order valence-electron chi connectivity index (χ4n) is 4.53. The molecule has 0 saturated carbocycles. The third kappa shape index (κ3) is 5.65. The second-order valence-electron chi connectivity index (χ2n) is 9.72. The Labute approximate surface area is 184 Å². The molecule has 0 atom stereocenters. The molecule has 2 aromatic rings. The lowest BCUT2D eigenvalue weighted by atomic mass is 9.94. The number of likely N-dealkylation sites (N-methyl/N-ethyl adjacent to an activating group) is 1. The summed E-state index contributed by atoms with van der Waals surface area (Å²) in [6.07, 6.45) is 14.9. The minimum absolute atomic E-state index is 0.0423. The molecule has 0 saturated heterocycles.